The number of nitrogens with one attached hydrogen (secondary N) is 1. The average molecular weight is 353 g/mol. The smallest absolute Gasteiger partial charge is 0.115 e. The van der Waals surface area contributed by atoms with Crippen LogP contribution in [0.15, 0.2) is 102 Å². The third kappa shape index (κ3) is 4.07. The second kappa shape index (κ2) is 7.62. The number of phenolic OH excluding ortho intramolecular Hbond substituents is 1. The van der Waals surface area contributed by atoms with Crippen molar-refractivity contribution < 1.29 is 5.11 Å². The summed E-state index contributed by atoms with van der Waals surface area (Å²) in [5.41, 5.74) is 4.90. The quantitative estimate of drug-likeness (QED) is 0.454. The molecular formula is C23H19N3O. The van der Waals surface area contributed by atoms with Gasteiger partial charge in [0, 0.05) is 23.3 Å². The van der Waals surface area contributed by atoms with E-state index < -0.39 is 0 Å². The Bertz CT molecular complexity index is 1030. The number of benzene rings is 3. The molecular weight excluding hydrogens is 334 g/mol. The number of aromatic nitrogens is 1. The zero-order chi connectivity index (χ0) is 18.5. The Balaban J connectivity index is 1.49. The minimum Gasteiger partial charge on any atom is -0.508 e. The predicted molar refractivity (Wildman–Crippen MR) is 111 cm³/mol. The normalized spacial score (nSPS) is 11.0. The van der Waals surface area contributed by atoms with Gasteiger partial charge in [0.2, 0.25) is 0 Å². The maximum atomic E-state index is 9.45. The number of rotatable bonds is 5. The second-order valence-electron chi connectivity index (χ2n) is 6.12. The van der Waals surface area contributed by atoms with E-state index in [2.05, 4.69) is 10.3 Å². The van der Waals surface area contributed by atoms with Gasteiger partial charge >= 0.3 is 0 Å². The van der Waals surface area contributed by atoms with Crippen molar-refractivity contribution in [3.05, 3.63) is 103 Å². The number of aliphatic imine (C=N–C) groups is 1. The van der Waals surface area contributed by atoms with E-state index in [-0.39, 0.29) is 5.75 Å². The van der Waals surface area contributed by atoms with Crippen molar-refractivity contribution >= 4 is 23.3 Å². The van der Waals surface area contributed by atoms with Crippen molar-refractivity contribution in [3.63, 3.8) is 0 Å². The molecule has 0 atom stereocenters. The summed E-state index contributed by atoms with van der Waals surface area (Å²) in [5.74, 6) is 0.255. The lowest BCUT2D eigenvalue weighted by Crippen LogP contribution is -1.97. The number of anilines is 2. The highest BCUT2D eigenvalue weighted by Gasteiger charge is 2.01. The summed E-state index contributed by atoms with van der Waals surface area (Å²) in [6, 6.07) is 29.1. The molecule has 0 bridgehead atoms. The van der Waals surface area contributed by atoms with Crippen LogP contribution in [-0.2, 0) is 0 Å². The van der Waals surface area contributed by atoms with Gasteiger partial charge < -0.3 is 15.0 Å². The summed E-state index contributed by atoms with van der Waals surface area (Å²) < 4.78 is 2.02. The van der Waals surface area contributed by atoms with Gasteiger partial charge in [-0.1, -0.05) is 18.2 Å². The predicted octanol–water partition coefficient (Wildman–Crippen LogP) is 5.68. The van der Waals surface area contributed by atoms with E-state index in [1.54, 1.807) is 12.1 Å². The largest absolute Gasteiger partial charge is 0.508 e. The standard InChI is InChI=1S/C23H19N3O/c27-23-14-12-21(13-15-23)26-16-4-7-22(26)17-24-18-8-10-20(11-9-18)25-19-5-2-1-3-6-19/h1-17,25,27H. The summed E-state index contributed by atoms with van der Waals surface area (Å²) in [6.45, 7) is 0. The van der Waals surface area contributed by atoms with Gasteiger partial charge in [-0.3, -0.25) is 4.99 Å². The van der Waals surface area contributed by atoms with Crippen LogP contribution in [0.25, 0.3) is 5.69 Å². The summed E-state index contributed by atoms with van der Waals surface area (Å²) in [6.07, 6.45) is 3.81. The zero-order valence-corrected chi connectivity index (χ0v) is 14.7. The van der Waals surface area contributed by atoms with Crippen LogP contribution in [0.2, 0.25) is 0 Å². The second-order valence-corrected chi connectivity index (χ2v) is 6.12. The van der Waals surface area contributed by atoms with E-state index in [1.807, 2.05) is 95.8 Å². The fraction of sp³-hybridized carbons (Fsp3) is 0. The summed E-state index contributed by atoms with van der Waals surface area (Å²) in [5, 5.41) is 12.8. The Morgan fingerprint density at radius 1 is 0.741 bits per heavy atom. The van der Waals surface area contributed by atoms with Crippen molar-refractivity contribution in [2.45, 2.75) is 0 Å². The molecule has 0 unspecified atom stereocenters. The SMILES string of the molecule is Oc1ccc(-n2cccc2C=Nc2ccc(Nc3ccccc3)cc2)cc1. The molecule has 0 aliphatic heterocycles. The van der Waals surface area contributed by atoms with Crippen LogP contribution in [0.5, 0.6) is 5.75 Å². The molecule has 4 rings (SSSR count). The molecule has 0 fully saturated rings. The number of hydrogen-bond acceptors (Lipinski definition) is 3. The van der Waals surface area contributed by atoms with Crippen LogP contribution in [0.4, 0.5) is 17.1 Å². The molecule has 1 aromatic heterocycles. The lowest BCUT2D eigenvalue weighted by Gasteiger charge is -2.07. The van der Waals surface area contributed by atoms with Gasteiger partial charge in [0.25, 0.3) is 0 Å². The minimum absolute atomic E-state index is 0.255. The van der Waals surface area contributed by atoms with Crippen molar-refractivity contribution in [1.29, 1.82) is 0 Å². The Kier molecular flexibility index (Phi) is 4.70. The molecule has 27 heavy (non-hydrogen) atoms. The van der Waals surface area contributed by atoms with E-state index in [1.165, 1.54) is 0 Å². The lowest BCUT2D eigenvalue weighted by molar-refractivity contribution is 0.475. The molecule has 1 heterocycles. The first-order valence-corrected chi connectivity index (χ1v) is 8.71. The maximum Gasteiger partial charge on any atom is 0.115 e. The first-order chi connectivity index (χ1) is 13.3. The molecule has 3 aromatic carbocycles. The van der Waals surface area contributed by atoms with Gasteiger partial charge in [0.1, 0.15) is 5.75 Å². The van der Waals surface area contributed by atoms with Gasteiger partial charge in [-0.2, -0.15) is 0 Å². The summed E-state index contributed by atoms with van der Waals surface area (Å²) in [4.78, 5) is 4.58. The van der Waals surface area contributed by atoms with Crippen LogP contribution >= 0.6 is 0 Å². The monoisotopic (exact) mass is 353 g/mol. The van der Waals surface area contributed by atoms with Crippen molar-refractivity contribution in [1.82, 2.24) is 4.57 Å². The van der Waals surface area contributed by atoms with E-state index in [4.69, 9.17) is 0 Å². The van der Waals surface area contributed by atoms with Crippen molar-refractivity contribution in [3.8, 4) is 11.4 Å². The minimum atomic E-state index is 0.255. The third-order valence-corrected chi connectivity index (χ3v) is 4.18. The number of phenols is 1. The molecule has 132 valence electrons. The molecule has 4 nitrogen and oxygen atoms in total. The Morgan fingerprint density at radius 2 is 1.44 bits per heavy atom. The molecule has 0 amide bonds. The molecule has 0 spiro atoms. The number of aromatic hydroxyl groups is 1. The first-order valence-electron chi connectivity index (χ1n) is 8.71. The maximum absolute atomic E-state index is 9.45. The Labute approximate surface area is 158 Å². The van der Waals surface area contributed by atoms with Crippen LogP contribution in [0.1, 0.15) is 5.69 Å². The molecule has 0 aliphatic carbocycles. The van der Waals surface area contributed by atoms with E-state index in [0.29, 0.717) is 0 Å². The molecule has 0 radical (unpaired) electrons. The molecule has 4 aromatic rings. The van der Waals surface area contributed by atoms with Crippen LogP contribution in [0, 0.1) is 0 Å². The van der Waals surface area contributed by atoms with Crippen molar-refractivity contribution in [2.75, 3.05) is 5.32 Å². The highest BCUT2D eigenvalue weighted by atomic mass is 16.3. The third-order valence-electron chi connectivity index (χ3n) is 4.18. The van der Waals surface area contributed by atoms with Crippen LogP contribution in [-0.4, -0.2) is 15.9 Å². The van der Waals surface area contributed by atoms with Gasteiger partial charge in [-0.15, -0.1) is 0 Å². The summed E-state index contributed by atoms with van der Waals surface area (Å²) in [7, 11) is 0. The lowest BCUT2D eigenvalue weighted by atomic mass is 10.2. The molecule has 4 heteroatoms. The van der Waals surface area contributed by atoms with Gasteiger partial charge in [-0.25, -0.2) is 0 Å². The Morgan fingerprint density at radius 3 is 2.19 bits per heavy atom. The van der Waals surface area contributed by atoms with E-state index in [0.717, 1.165) is 28.4 Å². The topological polar surface area (TPSA) is 49.5 Å². The molecule has 0 aliphatic rings. The average Bonchev–Trinajstić information content (AvgIpc) is 3.17. The van der Waals surface area contributed by atoms with E-state index in [9.17, 15) is 5.11 Å². The van der Waals surface area contributed by atoms with E-state index >= 15 is 0 Å². The Hall–Kier alpha value is -3.79. The molecule has 0 saturated carbocycles. The highest BCUT2D eigenvalue weighted by molar-refractivity contribution is 5.81. The first kappa shape index (κ1) is 16.7. The van der Waals surface area contributed by atoms with Gasteiger partial charge in [-0.05, 0) is 72.8 Å². The summed E-state index contributed by atoms with van der Waals surface area (Å²) >= 11 is 0. The number of nitrogens with zero attached hydrogens (tertiary/aromatic N) is 2. The number of para-hydroxylation sites is 1. The van der Waals surface area contributed by atoms with Gasteiger partial charge in [0.05, 0.1) is 17.6 Å². The van der Waals surface area contributed by atoms with Crippen LogP contribution < -0.4 is 5.32 Å². The highest BCUT2D eigenvalue weighted by Crippen LogP contribution is 2.21. The van der Waals surface area contributed by atoms with Crippen molar-refractivity contribution in [2.24, 2.45) is 4.99 Å². The fourth-order valence-corrected chi connectivity index (χ4v) is 2.81. The number of hydrogen-bond donors (Lipinski definition) is 2. The van der Waals surface area contributed by atoms with Crippen LogP contribution in [0.3, 0.4) is 0 Å². The molecule has 2 N–H and O–H groups in total. The van der Waals surface area contributed by atoms with Gasteiger partial charge in [0.15, 0.2) is 0 Å². The fourth-order valence-electron chi connectivity index (χ4n) is 2.81. The zero-order valence-electron chi connectivity index (χ0n) is 14.7. The molecule has 0 saturated heterocycles.